The van der Waals surface area contributed by atoms with Gasteiger partial charge in [0.1, 0.15) is 6.17 Å². The Kier molecular flexibility index (Phi) is 11.9. The molecule has 0 spiro atoms. The van der Waals surface area contributed by atoms with Crippen molar-refractivity contribution in [3.63, 3.8) is 0 Å². The molecule has 0 fully saturated rings. The standard InChI is InChI=1S/C51H50N2/c1-35-15-8-11-19-42(35)24-22-37(3)46-32-47(38(4)23-25-43-20-12-9-16-36(43)2)34-48(33-46)44-26-28-45(29-27-44)50(49-21-13-10-17-39(49)5)31-41(7)53-51-40(6)18-14-30-52-51/h8-26,28,30-34,40,51H,1,4,27,29H2,2-3,5-7H3/b25-23-,37-22+,42-24-,50-31-,53-41+. The quantitative estimate of drug-likeness (QED) is 0.117. The fraction of sp³-hybridized carbons (Fsp3) is 0.176. The number of aryl methyl sites for hydroxylation is 2. The number of benzene rings is 4. The van der Waals surface area contributed by atoms with Gasteiger partial charge < -0.3 is 0 Å². The molecule has 4 aromatic rings. The molecule has 0 N–H and O–H groups in total. The van der Waals surface area contributed by atoms with E-state index < -0.39 is 0 Å². The third-order valence-electron chi connectivity index (χ3n) is 10.2. The summed E-state index contributed by atoms with van der Waals surface area (Å²) in [6, 6.07) is 32.2. The number of hydrogen-bond acceptors (Lipinski definition) is 2. The van der Waals surface area contributed by atoms with Crippen LogP contribution in [-0.4, -0.2) is 18.1 Å². The van der Waals surface area contributed by atoms with E-state index in [2.05, 4.69) is 180 Å². The zero-order valence-electron chi connectivity index (χ0n) is 31.8. The fourth-order valence-corrected chi connectivity index (χ4v) is 6.82. The van der Waals surface area contributed by atoms with Crippen LogP contribution in [0.3, 0.4) is 0 Å². The molecule has 0 saturated carbocycles. The first-order chi connectivity index (χ1) is 25.7. The zero-order valence-corrected chi connectivity index (χ0v) is 31.8. The lowest BCUT2D eigenvalue weighted by molar-refractivity contribution is 0.561. The summed E-state index contributed by atoms with van der Waals surface area (Å²) in [4.78, 5) is 9.66. The molecule has 0 bridgehead atoms. The highest BCUT2D eigenvalue weighted by Crippen LogP contribution is 2.37. The Balaban J connectivity index is 1.39. The van der Waals surface area contributed by atoms with Crippen molar-refractivity contribution in [1.29, 1.82) is 0 Å². The molecule has 1 aliphatic heterocycles. The summed E-state index contributed by atoms with van der Waals surface area (Å²) >= 11 is 0. The van der Waals surface area contributed by atoms with Crippen molar-refractivity contribution in [2.75, 3.05) is 0 Å². The predicted octanol–water partition coefficient (Wildman–Crippen LogP) is 11.6. The van der Waals surface area contributed by atoms with Gasteiger partial charge in [0.05, 0.1) is 0 Å². The van der Waals surface area contributed by atoms with Gasteiger partial charge in [-0.1, -0.05) is 135 Å². The second-order valence-corrected chi connectivity index (χ2v) is 14.2. The molecule has 0 saturated heterocycles. The Morgan fingerprint density at radius 2 is 1.58 bits per heavy atom. The van der Waals surface area contributed by atoms with Crippen LogP contribution in [0.1, 0.15) is 72.6 Å². The summed E-state index contributed by atoms with van der Waals surface area (Å²) in [5.41, 5.74) is 15.5. The molecule has 1 heterocycles. The molecule has 0 amide bonds. The largest absolute Gasteiger partial charge is 0.266 e. The molecule has 4 aromatic carbocycles. The highest BCUT2D eigenvalue weighted by molar-refractivity contribution is 6.03. The van der Waals surface area contributed by atoms with E-state index in [0.29, 0.717) is 0 Å². The van der Waals surface area contributed by atoms with Gasteiger partial charge in [0.2, 0.25) is 0 Å². The summed E-state index contributed by atoms with van der Waals surface area (Å²) < 4.78 is 0. The lowest BCUT2D eigenvalue weighted by Gasteiger charge is -2.21. The third-order valence-corrected chi connectivity index (χ3v) is 10.2. The van der Waals surface area contributed by atoms with E-state index in [-0.39, 0.29) is 12.1 Å². The van der Waals surface area contributed by atoms with Gasteiger partial charge in [-0.25, -0.2) is 0 Å². The molecule has 264 valence electrons. The minimum absolute atomic E-state index is 0.0903. The maximum Gasteiger partial charge on any atom is 0.145 e. The van der Waals surface area contributed by atoms with Gasteiger partial charge in [0.15, 0.2) is 0 Å². The van der Waals surface area contributed by atoms with E-state index in [1.807, 2.05) is 24.4 Å². The smallest absolute Gasteiger partial charge is 0.145 e. The van der Waals surface area contributed by atoms with E-state index in [9.17, 15) is 0 Å². The van der Waals surface area contributed by atoms with E-state index in [1.54, 1.807) is 0 Å². The summed E-state index contributed by atoms with van der Waals surface area (Å²) in [5.74, 6) is 0.273. The molecule has 53 heavy (non-hydrogen) atoms. The molecule has 2 atom stereocenters. The van der Waals surface area contributed by atoms with Crippen LogP contribution >= 0.6 is 0 Å². The number of hydrogen-bond donors (Lipinski definition) is 0. The van der Waals surface area contributed by atoms with Crippen LogP contribution in [0.25, 0.3) is 41.0 Å². The first-order valence-electron chi connectivity index (χ1n) is 18.6. The Morgan fingerprint density at radius 3 is 2.32 bits per heavy atom. The maximum atomic E-state index is 5.02. The minimum atomic E-state index is -0.0903. The summed E-state index contributed by atoms with van der Waals surface area (Å²) in [6.07, 6.45) is 23.4. The van der Waals surface area contributed by atoms with Gasteiger partial charge in [-0.15, -0.1) is 0 Å². The second-order valence-electron chi connectivity index (χ2n) is 14.2. The number of dihydropyridines is 1. The number of aliphatic imine (C=N–C) groups is 2. The Hall–Kier alpha value is -5.86. The predicted molar refractivity (Wildman–Crippen MR) is 233 cm³/mol. The number of rotatable bonds is 10. The number of allylic oxidation sites excluding steroid dienone is 11. The van der Waals surface area contributed by atoms with Gasteiger partial charge in [-0.3, -0.25) is 9.98 Å². The minimum Gasteiger partial charge on any atom is -0.266 e. The van der Waals surface area contributed by atoms with Crippen LogP contribution in [0.4, 0.5) is 0 Å². The van der Waals surface area contributed by atoms with Crippen molar-refractivity contribution < 1.29 is 0 Å². The van der Waals surface area contributed by atoms with Crippen LogP contribution in [0, 0.1) is 19.8 Å². The first kappa shape index (κ1) is 36.9. The van der Waals surface area contributed by atoms with Crippen molar-refractivity contribution in [3.05, 3.63) is 195 Å². The Morgan fingerprint density at radius 1 is 0.849 bits per heavy atom. The van der Waals surface area contributed by atoms with E-state index in [0.717, 1.165) is 40.1 Å². The molecule has 0 aromatic heterocycles. The Labute approximate surface area is 316 Å². The van der Waals surface area contributed by atoms with E-state index in [4.69, 9.17) is 4.99 Å². The molecule has 6 rings (SSSR count). The van der Waals surface area contributed by atoms with Gasteiger partial charge in [-0.2, -0.15) is 0 Å². The van der Waals surface area contributed by atoms with Gasteiger partial charge in [0, 0.05) is 17.8 Å². The van der Waals surface area contributed by atoms with Gasteiger partial charge >= 0.3 is 0 Å². The lowest BCUT2D eigenvalue weighted by Crippen LogP contribution is -2.21. The third kappa shape index (κ3) is 9.33. The zero-order chi connectivity index (χ0) is 37.3. The molecule has 2 nitrogen and oxygen atoms in total. The topological polar surface area (TPSA) is 24.7 Å². The molecule has 2 aliphatic rings. The first-order valence-corrected chi connectivity index (χ1v) is 18.6. The lowest BCUT2D eigenvalue weighted by atomic mass is 9.84. The molecular weight excluding hydrogens is 641 g/mol. The fourth-order valence-electron chi connectivity index (χ4n) is 6.82. The van der Waals surface area contributed by atoms with Crippen LogP contribution in [0.15, 0.2) is 156 Å². The van der Waals surface area contributed by atoms with Crippen molar-refractivity contribution in [2.45, 2.75) is 53.6 Å². The highest BCUT2D eigenvalue weighted by atomic mass is 15.0. The van der Waals surface area contributed by atoms with E-state index in [1.165, 1.54) is 55.7 Å². The Bertz CT molecular complexity index is 2380. The SMILES string of the molecule is C=C(/C=C\c1ccccc1C)c1cc(C2=CC=C(/C(=C/C(C)=N/C3N=CC=CC3C)c3ccccc3C)CC2)cc(/C(C)=C/C=c2/ccccc2=C)c1. The molecule has 2 unspecified atom stereocenters. The maximum absolute atomic E-state index is 5.02. The van der Waals surface area contributed by atoms with E-state index >= 15 is 0 Å². The van der Waals surface area contributed by atoms with Crippen LogP contribution in [0.5, 0.6) is 0 Å². The van der Waals surface area contributed by atoms with Gasteiger partial charge in [-0.05, 0) is 148 Å². The molecule has 0 radical (unpaired) electrons. The molecule has 2 heteroatoms. The normalized spacial score (nSPS) is 18.4. The van der Waals surface area contributed by atoms with Crippen LogP contribution < -0.4 is 10.4 Å². The van der Waals surface area contributed by atoms with Crippen LogP contribution in [-0.2, 0) is 0 Å². The second kappa shape index (κ2) is 17.1. The summed E-state index contributed by atoms with van der Waals surface area (Å²) in [5, 5.41) is 2.14. The highest BCUT2D eigenvalue weighted by Gasteiger charge is 2.18. The molecular formula is C51H50N2. The monoisotopic (exact) mass is 690 g/mol. The van der Waals surface area contributed by atoms with Crippen molar-refractivity contribution in [2.24, 2.45) is 15.9 Å². The van der Waals surface area contributed by atoms with Gasteiger partial charge in [0.25, 0.3) is 0 Å². The van der Waals surface area contributed by atoms with Crippen molar-refractivity contribution in [1.82, 2.24) is 0 Å². The number of nitrogens with zero attached hydrogens (tertiary/aromatic N) is 2. The molecule has 1 aliphatic carbocycles. The summed E-state index contributed by atoms with van der Waals surface area (Å²) in [6.45, 7) is 19.5. The summed E-state index contributed by atoms with van der Waals surface area (Å²) in [7, 11) is 0. The average Bonchev–Trinajstić information content (AvgIpc) is 3.17. The van der Waals surface area contributed by atoms with Crippen molar-refractivity contribution in [3.8, 4) is 0 Å². The van der Waals surface area contributed by atoms with Crippen LogP contribution in [0.2, 0.25) is 0 Å². The average molecular weight is 691 g/mol. The van der Waals surface area contributed by atoms with Crippen molar-refractivity contribution >= 4 is 52.9 Å².